The molecule has 3 heteroatoms. The second kappa shape index (κ2) is 6.65. The van der Waals surface area contributed by atoms with Crippen LogP contribution < -0.4 is 0 Å². The maximum atomic E-state index is 12.9. The van der Waals surface area contributed by atoms with Crippen molar-refractivity contribution < 1.29 is 9.59 Å². The summed E-state index contributed by atoms with van der Waals surface area (Å²) in [4.78, 5) is 27.4. The largest absolute Gasteiger partial charge is 0.282 e. The van der Waals surface area contributed by atoms with Crippen molar-refractivity contribution in [1.82, 2.24) is 4.90 Å². The number of hydrogen-bond acceptors (Lipinski definition) is 2. The van der Waals surface area contributed by atoms with Crippen molar-refractivity contribution in [1.29, 1.82) is 0 Å². The van der Waals surface area contributed by atoms with Crippen LogP contribution in [0.1, 0.15) is 24.8 Å². The van der Waals surface area contributed by atoms with Crippen LogP contribution in [0.15, 0.2) is 66.7 Å². The van der Waals surface area contributed by atoms with E-state index < -0.39 is 0 Å². The number of fused-ring (bicyclic) bond motifs is 5. The molecule has 2 amide bonds. The number of imide groups is 1. The zero-order valence-corrected chi connectivity index (χ0v) is 18.0. The number of aryl methyl sites for hydroxylation is 1. The molecule has 158 valence electrons. The highest BCUT2D eigenvalue weighted by Gasteiger charge is 2.58. The average molecular weight is 420 g/mol. The predicted octanol–water partition coefficient (Wildman–Crippen LogP) is 5.71. The standard InChI is InChI=1S/C29H25NO2/c31-28-26-21-11-12-22(16-21)27(26)29(32)30(28)15-2-1-4-17-7-8-20-10-9-18-5-3-6-19-13-14-23(17)25(20)24(18)19/h3,5-14,21-22,26-27H,1-2,4,15-16H2. The average Bonchev–Trinajstić information content (AvgIpc) is 3.50. The number of rotatable bonds is 5. The molecule has 4 atom stereocenters. The van der Waals surface area contributed by atoms with Crippen LogP contribution in [0.5, 0.6) is 0 Å². The first-order chi connectivity index (χ1) is 15.7. The number of unbranched alkanes of at least 4 members (excludes halogenated alkanes) is 1. The molecular formula is C29H25NO2. The van der Waals surface area contributed by atoms with Crippen LogP contribution >= 0.6 is 0 Å². The smallest absolute Gasteiger partial charge is 0.233 e. The van der Waals surface area contributed by atoms with Gasteiger partial charge in [0.15, 0.2) is 0 Å². The molecule has 1 aliphatic heterocycles. The fourth-order valence-electron chi connectivity index (χ4n) is 6.78. The van der Waals surface area contributed by atoms with Crippen LogP contribution in [0.25, 0.3) is 32.3 Å². The van der Waals surface area contributed by atoms with Gasteiger partial charge in [-0.25, -0.2) is 0 Å². The van der Waals surface area contributed by atoms with Crippen LogP contribution in [0.4, 0.5) is 0 Å². The molecule has 3 aliphatic rings. The monoisotopic (exact) mass is 419 g/mol. The number of allylic oxidation sites excluding steroid dienone is 2. The molecule has 2 aliphatic carbocycles. The Morgan fingerprint density at radius 2 is 1.34 bits per heavy atom. The van der Waals surface area contributed by atoms with Crippen LogP contribution in [-0.2, 0) is 16.0 Å². The highest BCUT2D eigenvalue weighted by Crippen LogP contribution is 2.52. The Morgan fingerprint density at radius 3 is 2.06 bits per heavy atom. The van der Waals surface area contributed by atoms with Gasteiger partial charge in [0.05, 0.1) is 11.8 Å². The Kier molecular flexibility index (Phi) is 3.82. The van der Waals surface area contributed by atoms with Crippen LogP contribution in [0.3, 0.4) is 0 Å². The quantitative estimate of drug-likeness (QED) is 0.180. The summed E-state index contributed by atoms with van der Waals surface area (Å²) in [5.41, 5.74) is 1.36. The van der Waals surface area contributed by atoms with E-state index >= 15 is 0 Å². The number of benzene rings is 4. The summed E-state index contributed by atoms with van der Waals surface area (Å²) in [7, 11) is 0. The third-order valence-electron chi connectivity index (χ3n) is 8.26. The summed E-state index contributed by atoms with van der Waals surface area (Å²) in [5, 5.41) is 7.91. The van der Waals surface area contributed by atoms with Crippen LogP contribution in [0, 0.1) is 23.7 Å². The molecule has 1 saturated heterocycles. The van der Waals surface area contributed by atoms with E-state index in [9.17, 15) is 9.59 Å². The lowest BCUT2D eigenvalue weighted by molar-refractivity contribution is -0.140. The molecular weight excluding hydrogens is 394 g/mol. The van der Waals surface area contributed by atoms with Gasteiger partial charge in [-0.05, 0) is 75.4 Å². The van der Waals surface area contributed by atoms with Gasteiger partial charge >= 0.3 is 0 Å². The van der Waals surface area contributed by atoms with E-state index in [-0.39, 0.29) is 23.7 Å². The molecule has 3 nitrogen and oxygen atoms in total. The molecule has 0 radical (unpaired) electrons. The number of amides is 2. The predicted molar refractivity (Wildman–Crippen MR) is 128 cm³/mol. The topological polar surface area (TPSA) is 37.4 Å². The van der Waals surface area contributed by atoms with Gasteiger partial charge in [-0.1, -0.05) is 66.7 Å². The highest BCUT2D eigenvalue weighted by atomic mass is 16.2. The second-order valence-corrected chi connectivity index (χ2v) is 9.87. The first-order valence-electron chi connectivity index (χ1n) is 11.9. The summed E-state index contributed by atoms with van der Waals surface area (Å²) >= 11 is 0. The Labute approximate surface area is 187 Å². The zero-order chi connectivity index (χ0) is 21.4. The molecule has 2 fully saturated rings. The van der Waals surface area contributed by atoms with E-state index in [2.05, 4.69) is 66.7 Å². The molecule has 0 N–H and O–H groups in total. The highest BCUT2D eigenvalue weighted by molar-refractivity contribution is 6.23. The summed E-state index contributed by atoms with van der Waals surface area (Å²) in [6.45, 7) is 0.565. The van der Waals surface area contributed by atoms with Gasteiger partial charge in [-0.2, -0.15) is 0 Å². The van der Waals surface area contributed by atoms with E-state index in [1.807, 2.05) is 0 Å². The number of carbonyl (C=O) groups is 2. The van der Waals surface area contributed by atoms with Gasteiger partial charge in [0.25, 0.3) is 0 Å². The molecule has 1 heterocycles. The Balaban J connectivity index is 1.10. The third-order valence-corrected chi connectivity index (χ3v) is 8.26. The summed E-state index contributed by atoms with van der Waals surface area (Å²) in [6, 6.07) is 19.9. The molecule has 0 aromatic heterocycles. The molecule has 1 saturated carbocycles. The lowest BCUT2D eigenvalue weighted by atomic mass is 9.85. The molecule has 7 rings (SSSR count). The van der Waals surface area contributed by atoms with Crippen molar-refractivity contribution in [2.24, 2.45) is 23.7 Å². The van der Waals surface area contributed by atoms with Crippen LogP contribution in [-0.4, -0.2) is 23.3 Å². The zero-order valence-electron chi connectivity index (χ0n) is 18.0. The molecule has 4 aromatic rings. The normalized spacial score (nSPS) is 26.4. The van der Waals surface area contributed by atoms with Gasteiger partial charge in [-0.15, -0.1) is 0 Å². The van der Waals surface area contributed by atoms with E-state index in [4.69, 9.17) is 0 Å². The van der Waals surface area contributed by atoms with Gasteiger partial charge < -0.3 is 0 Å². The van der Waals surface area contributed by atoms with E-state index in [1.54, 1.807) is 4.90 Å². The van der Waals surface area contributed by atoms with Gasteiger partial charge in [0.2, 0.25) is 11.8 Å². The Bertz CT molecular complexity index is 1390. The SMILES string of the molecule is O=C1C2C3C=CC(C3)C2C(=O)N1CCCCc1ccc2ccc3cccc4ccc1c2c34. The van der Waals surface area contributed by atoms with E-state index in [0.29, 0.717) is 18.4 Å². The number of nitrogens with zero attached hydrogens (tertiary/aromatic N) is 1. The van der Waals surface area contributed by atoms with Gasteiger partial charge in [0.1, 0.15) is 0 Å². The molecule has 4 aromatic carbocycles. The molecule has 2 bridgehead atoms. The fraction of sp³-hybridized carbons (Fsp3) is 0.310. The van der Waals surface area contributed by atoms with E-state index in [1.165, 1.54) is 37.9 Å². The Hall–Kier alpha value is -3.20. The fourth-order valence-corrected chi connectivity index (χ4v) is 6.78. The minimum atomic E-state index is -0.0740. The number of carbonyl (C=O) groups excluding carboxylic acids is 2. The maximum Gasteiger partial charge on any atom is 0.233 e. The van der Waals surface area contributed by atoms with Crippen molar-refractivity contribution in [2.45, 2.75) is 25.7 Å². The minimum Gasteiger partial charge on any atom is -0.282 e. The molecule has 0 spiro atoms. The van der Waals surface area contributed by atoms with Gasteiger partial charge in [0, 0.05) is 6.54 Å². The summed E-state index contributed by atoms with van der Waals surface area (Å²) < 4.78 is 0. The number of likely N-dealkylation sites (tertiary alicyclic amines) is 1. The third kappa shape index (κ3) is 2.42. The lowest BCUT2D eigenvalue weighted by Crippen LogP contribution is -2.33. The Morgan fingerprint density at radius 1 is 0.719 bits per heavy atom. The molecule has 4 unspecified atom stereocenters. The van der Waals surface area contributed by atoms with E-state index in [0.717, 1.165) is 25.7 Å². The van der Waals surface area contributed by atoms with Gasteiger partial charge in [-0.3, -0.25) is 14.5 Å². The maximum absolute atomic E-state index is 12.9. The minimum absolute atomic E-state index is 0.0740. The number of hydrogen-bond donors (Lipinski definition) is 0. The second-order valence-electron chi connectivity index (χ2n) is 9.87. The lowest BCUT2D eigenvalue weighted by Gasteiger charge is -2.17. The van der Waals surface area contributed by atoms with Crippen molar-refractivity contribution >= 4 is 44.1 Å². The van der Waals surface area contributed by atoms with Crippen molar-refractivity contribution in [3.8, 4) is 0 Å². The summed E-state index contributed by atoms with van der Waals surface area (Å²) in [5.74, 6) is 0.608. The van der Waals surface area contributed by atoms with Crippen LogP contribution in [0.2, 0.25) is 0 Å². The summed E-state index contributed by atoms with van der Waals surface area (Å²) in [6.07, 6.45) is 8.12. The molecule has 32 heavy (non-hydrogen) atoms. The first-order valence-corrected chi connectivity index (χ1v) is 11.9. The first kappa shape index (κ1) is 18.4. The van der Waals surface area contributed by atoms with Crippen molar-refractivity contribution in [3.63, 3.8) is 0 Å². The van der Waals surface area contributed by atoms with Crippen molar-refractivity contribution in [3.05, 3.63) is 72.3 Å². The van der Waals surface area contributed by atoms with Crippen molar-refractivity contribution in [2.75, 3.05) is 6.54 Å².